The smallest absolute Gasteiger partial charge is 0.153 e. The van der Waals surface area contributed by atoms with E-state index in [1.807, 2.05) is 31.2 Å². The molecule has 0 saturated heterocycles. The van der Waals surface area contributed by atoms with Crippen molar-refractivity contribution in [2.24, 2.45) is 0 Å². The van der Waals surface area contributed by atoms with Crippen molar-refractivity contribution in [1.29, 1.82) is 0 Å². The van der Waals surface area contributed by atoms with Crippen LogP contribution in [0.5, 0.6) is 0 Å². The molecule has 0 atom stereocenters. The van der Waals surface area contributed by atoms with E-state index >= 15 is 0 Å². The van der Waals surface area contributed by atoms with Crippen LogP contribution in [0.1, 0.15) is 16.8 Å². The molecule has 2 heterocycles. The van der Waals surface area contributed by atoms with Crippen LogP contribution in [0.25, 0.3) is 22.4 Å². The molecule has 2 nitrogen and oxygen atoms in total. The molecule has 96 valence electrons. The Balaban J connectivity index is 2.28. The highest BCUT2D eigenvalue weighted by Crippen LogP contribution is 2.34. The van der Waals surface area contributed by atoms with Gasteiger partial charge in [0.05, 0.1) is 0 Å². The second kappa shape index (κ2) is 4.42. The molecule has 0 aliphatic carbocycles. The Morgan fingerprint density at radius 1 is 1.05 bits per heavy atom. The van der Waals surface area contributed by atoms with E-state index in [4.69, 9.17) is 4.42 Å². The second-order valence-electron chi connectivity index (χ2n) is 4.85. The Bertz CT molecular complexity index is 774. The molecule has 19 heavy (non-hydrogen) atoms. The lowest BCUT2D eigenvalue weighted by Crippen LogP contribution is -1.84. The van der Waals surface area contributed by atoms with Crippen molar-refractivity contribution in [2.45, 2.75) is 25.7 Å². The van der Waals surface area contributed by atoms with Gasteiger partial charge in [-0.25, -0.2) is 4.98 Å². The number of furan rings is 1. The maximum absolute atomic E-state index is 5.97. The van der Waals surface area contributed by atoms with Crippen LogP contribution in [-0.2, 0) is 0 Å². The van der Waals surface area contributed by atoms with Crippen molar-refractivity contribution < 1.29 is 4.42 Å². The number of thiol groups is 1. The summed E-state index contributed by atoms with van der Waals surface area (Å²) in [5, 5.41) is 0. The monoisotopic (exact) mass is 269 g/mol. The van der Waals surface area contributed by atoms with Gasteiger partial charge < -0.3 is 4.42 Å². The first-order chi connectivity index (χ1) is 9.06. The average molecular weight is 269 g/mol. The summed E-state index contributed by atoms with van der Waals surface area (Å²) in [6.45, 7) is 6.12. The lowest BCUT2D eigenvalue weighted by Gasteiger charge is -2.04. The van der Waals surface area contributed by atoms with Crippen molar-refractivity contribution >= 4 is 23.7 Å². The van der Waals surface area contributed by atoms with Gasteiger partial charge in [-0.2, -0.15) is 0 Å². The van der Waals surface area contributed by atoms with Crippen LogP contribution >= 0.6 is 12.6 Å². The van der Waals surface area contributed by atoms with Crippen LogP contribution in [-0.4, -0.2) is 4.98 Å². The van der Waals surface area contributed by atoms with E-state index in [1.54, 1.807) is 0 Å². The first-order valence-electron chi connectivity index (χ1n) is 6.23. The number of aryl methyl sites for hydroxylation is 3. The number of pyridine rings is 1. The summed E-state index contributed by atoms with van der Waals surface area (Å²) in [4.78, 5) is 5.52. The van der Waals surface area contributed by atoms with Crippen molar-refractivity contribution in [1.82, 2.24) is 4.98 Å². The van der Waals surface area contributed by atoms with E-state index in [-0.39, 0.29) is 0 Å². The molecule has 1 aromatic carbocycles. The van der Waals surface area contributed by atoms with E-state index in [0.29, 0.717) is 0 Å². The van der Waals surface area contributed by atoms with Gasteiger partial charge in [-0.05, 0) is 56.7 Å². The molecule has 3 rings (SSSR count). The molecular weight excluding hydrogens is 254 g/mol. The van der Waals surface area contributed by atoms with Gasteiger partial charge in [0.25, 0.3) is 0 Å². The maximum atomic E-state index is 5.97. The average Bonchev–Trinajstić information content (AvgIpc) is 2.67. The Morgan fingerprint density at radius 3 is 2.58 bits per heavy atom. The molecule has 0 unspecified atom stereocenters. The fourth-order valence-corrected chi connectivity index (χ4v) is 2.62. The molecule has 0 N–H and O–H groups in total. The molecule has 2 aromatic heterocycles. The molecule has 0 spiro atoms. The number of hydrogen-bond donors (Lipinski definition) is 1. The number of nitrogens with zero attached hydrogens (tertiary/aromatic N) is 1. The molecule has 0 radical (unpaired) electrons. The molecule has 0 fully saturated rings. The molecule has 0 saturated carbocycles. The predicted octanol–water partition coefficient (Wildman–Crippen LogP) is 4.71. The van der Waals surface area contributed by atoms with Gasteiger partial charge in [0.1, 0.15) is 11.3 Å². The van der Waals surface area contributed by atoms with Crippen LogP contribution in [0.2, 0.25) is 0 Å². The van der Waals surface area contributed by atoms with Crippen LogP contribution in [0.15, 0.2) is 39.6 Å². The second-order valence-corrected chi connectivity index (χ2v) is 5.37. The third-order valence-corrected chi connectivity index (χ3v) is 3.64. The van der Waals surface area contributed by atoms with Gasteiger partial charge in [0, 0.05) is 21.7 Å². The summed E-state index contributed by atoms with van der Waals surface area (Å²) in [5.41, 5.74) is 6.15. The topological polar surface area (TPSA) is 26.0 Å². The van der Waals surface area contributed by atoms with Crippen LogP contribution in [0, 0.1) is 20.8 Å². The zero-order chi connectivity index (χ0) is 13.6. The summed E-state index contributed by atoms with van der Waals surface area (Å²) >= 11 is 4.36. The fraction of sp³-hybridized carbons (Fsp3) is 0.188. The number of hydrogen-bond acceptors (Lipinski definition) is 3. The maximum Gasteiger partial charge on any atom is 0.153 e. The lowest BCUT2D eigenvalue weighted by atomic mass is 10.0. The van der Waals surface area contributed by atoms with Crippen molar-refractivity contribution in [3.05, 3.63) is 47.2 Å². The zero-order valence-corrected chi connectivity index (χ0v) is 12.1. The van der Waals surface area contributed by atoms with Gasteiger partial charge in [-0.1, -0.05) is 0 Å². The standard InChI is InChI=1S/C16H15NOS/c1-9-8-12(19)5-6-13(9)16-11(3)15-14(18-16)7-4-10(2)17-15/h4-8,19H,1-3H3. The summed E-state index contributed by atoms with van der Waals surface area (Å²) in [6.07, 6.45) is 0. The third kappa shape index (κ3) is 2.04. The zero-order valence-electron chi connectivity index (χ0n) is 11.2. The van der Waals surface area contributed by atoms with E-state index < -0.39 is 0 Å². The van der Waals surface area contributed by atoms with Crippen LogP contribution < -0.4 is 0 Å². The van der Waals surface area contributed by atoms with Gasteiger partial charge in [0.15, 0.2) is 5.58 Å². The highest BCUT2D eigenvalue weighted by atomic mass is 32.1. The quantitative estimate of drug-likeness (QED) is 0.647. The highest BCUT2D eigenvalue weighted by molar-refractivity contribution is 7.80. The minimum atomic E-state index is 0.840. The highest BCUT2D eigenvalue weighted by Gasteiger charge is 2.15. The Labute approximate surface area is 117 Å². The molecule has 0 aliphatic rings. The minimum Gasteiger partial charge on any atom is -0.454 e. The molecule has 3 heteroatoms. The third-order valence-electron chi connectivity index (χ3n) is 3.36. The minimum absolute atomic E-state index is 0.840. The van der Waals surface area contributed by atoms with Crippen LogP contribution in [0.3, 0.4) is 0 Å². The molecule has 3 aromatic rings. The Kier molecular flexibility index (Phi) is 2.86. The van der Waals surface area contributed by atoms with Gasteiger partial charge >= 0.3 is 0 Å². The van der Waals surface area contributed by atoms with E-state index in [0.717, 1.165) is 44.1 Å². The molecule has 0 amide bonds. The number of rotatable bonds is 1. The fourth-order valence-electron chi connectivity index (χ4n) is 2.35. The van der Waals surface area contributed by atoms with Crippen molar-refractivity contribution in [3.63, 3.8) is 0 Å². The molecular formula is C16H15NOS. The van der Waals surface area contributed by atoms with Gasteiger partial charge in [-0.15, -0.1) is 12.6 Å². The SMILES string of the molecule is Cc1ccc2oc(-c3ccc(S)cc3C)c(C)c2n1. The number of aromatic nitrogens is 1. The molecule has 0 aliphatic heterocycles. The Morgan fingerprint density at radius 2 is 1.84 bits per heavy atom. The lowest BCUT2D eigenvalue weighted by molar-refractivity contribution is 0.628. The van der Waals surface area contributed by atoms with Crippen LogP contribution in [0.4, 0.5) is 0 Å². The van der Waals surface area contributed by atoms with Crippen molar-refractivity contribution in [2.75, 3.05) is 0 Å². The summed E-state index contributed by atoms with van der Waals surface area (Å²) in [6, 6.07) is 10.0. The van der Waals surface area contributed by atoms with E-state index in [1.165, 1.54) is 0 Å². The Hall–Kier alpha value is -1.74. The molecule has 0 bridgehead atoms. The summed E-state index contributed by atoms with van der Waals surface area (Å²) in [7, 11) is 0. The predicted molar refractivity (Wildman–Crippen MR) is 80.9 cm³/mol. The van der Waals surface area contributed by atoms with Crippen molar-refractivity contribution in [3.8, 4) is 11.3 Å². The number of fused-ring (bicyclic) bond motifs is 1. The normalized spacial score (nSPS) is 11.2. The van der Waals surface area contributed by atoms with E-state index in [9.17, 15) is 0 Å². The van der Waals surface area contributed by atoms with Gasteiger partial charge in [0.2, 0.25) is 0 Å². The van der Waals surface area contributed by atoms with Gasteiger partial charge in [-0.3, -0.25) is 0 Å². The number of benzene rings is 1. The first-order valence-corrected chi connectivity index (χ1v) is 6.67. The first kappa shape index (κ1) is 12.3. The summed E-state index contributed by atoms with van der Waals surface area (Å²) < 4.78 is 5.97. The summed E-state index contributed by atoms with van der Waals surface area (Å²) in [5.74, 6) is 0.902. The van der Waals surface area contributed by atoms with E-state index in [2.05, 4.69) is 37.5 Å². The largest absolute Gasteiger partial charge is 0.454 e.